The average Bonchev–Trinajstić information content (AvgIpc) is 3.07. The van der Waals surface area contributed by atoms with Crippen LogP contribution in [0.25, 0.3) is 0 Å². The summed E-state index contributed by atoms with van der Waals surface area (Å²) in [6, 6.07) is 0. The van der Waals surface area contributed by atoms with Crippen LogP contribution in [0.3, 0.4) is 0 Å². The summed E-state index contributed by atoms with van der Waals surface area (Å²) < 4.78 is 59.8. The summed E-state index contributed by atoms with van der Waals surface area (Å²) in [6.45, 7) is 3.46. The van der Waals surface area contributed by atoms with Crippen molar-refractivity contribution in [3.8, 4) is 0 Å². The molecule has 2 N–H and O–H groups in total. The van der Waals surface area contributed by atoms with Crippen molar-refractivity contribution in [1.29, 1.82) is 0 Å². The summed E-state index contributed by atoms with van der Waals surface area (Å²) in [6.07, 6.45) is -2.52. The third-order valence-electron chi connectivity index (χ3n) is 4.27. The van der Waals surface area contributed by atoms with Crippen LogP contribution in [0, 0.1) is 0 Å². The van der Waals surface area contributed by atoms with Gasteiger partial charge in [-0.3, -0.25) is 18.1 Å². The van der Waals surface area contributed by atoms with Gasteiger partial charge in [0, 0.05) is 27.1 Å². The van der Waals surface area contributed by atoms with Gasteiger partial charge in [0.1, 0.15) is 24.4 Å². The van der Waals surface area contributed by atoms with Crippen LogP contribution in [0.2, 0.25) is 0 Å². The van der Waals surface area contributed by atoms with Crippen molar-refractivity contribution in [2.24, 2.45) is 0 Å². The molecular formula is C14H28O11P2. The molecule has 8 atom stereocenters. The molecule has 2 rings (SSSR count). The van der Waals surface area contributed by atoms with E-state index in [1.54, 1.807) is 6.92 Å². The average molecular weight is 434 g/mol. The smallest absolute Gasteiger partial charge is 0.382 e. The number of phosphoric acid groups is 2. The largest absolute Gasteiger partial charge is 0.472 e. The first-order valence-corrected chi connectivity index (χ1v) is 11.6. The van der Waals surface area contributed by atoms with Crippen LogP contribution in [0.4, 0.5) is 0 Å². The third kappa shape index (κ3) is 7.13. The van der Waals surface area contributed by atoms with Crippen LogP contribution in [0.5, 0.6) is 0 Å². The monoisotopic (exact) mass is 434 g/mol. The van der Waals surface area contributed by atoms with E-state index in [-0.39, 0.29) is 25.4 Å². The molecule has 2 fully saturated rings. The summed E-state index contributed by atoms with van der Waals surface area (Å²) in [7, 11) is -6.11. The van der Waals surface area contributed by atoms with Gasteiger partial charge in [0.25, 0.3) is 0 Å². The lowest BCUT2D eigenvalue weighted by Gasteiger charge is -2.25. The van der Waals surface area contributed by atoms with E-state index in [1.807, 2.05) is 6.92 Å². The van der Waals surface area contributed by atoms with Gasteiger partial charge >= 0.3 is 15.6 Å². The Hall–Kier alpha value is 0.1000. The SMILES string of the molecule is COC[C@H]1O[C@@H](C)C[C@H]1OP(=O)(O)O[C@@H]1C[C@H](C)O[C@@H]1COP(=O)(O)OC. The fourth-order valence-electron chi connectivity index (χ4n) is 3.11. The molecule has 27 heavy (non-hydrogen) atoms. The molecule has 0 aliphatic carbocycles. The number of hydrogen-bond acceptors (Lipinski definition) is 9. The van der Waals surface area contributed by atoms with Gasteiger partial charge in [-0.15, -0.1) is 0 Å². The van der Waals surface area contributed by atoms with E-state index < -0.39 is 40.1 Å². The Morgan fingerprint density at radius 3 is 1.81 bits per heavy atom. The highest BCUT2D eigenvalue weighted by molar-refractivity contribution is 7.47. The Morgan fingerprint density at radius 1 is 0.889 bits per heavy atom. The molecule has 160 valence electrons. The van der Waals surface area contributed by atoms with Gasteiger partial charge in [0.15, 0.2) is 0 Å². The number of phosphoric ester groups is 2. The zero-order chi connectivity index (χ0) is 20.2. The van der Waals surface area contributed by atoms with E-state index in [9.17, 15) is 18.9 Å². The maximum absolute atomic E-state index is 12.5. The second-order valence-corrected chi connectivity index (χ2v) is 9.52. The normalized spacial score (nSPS) is 38.6. The van der Waals surface area contributed by atoms with E-state index in [4.69, 9.17) is 27.8 Å². The fourth-order valence-corrected chi connectivity index (χ4v) is 4.73. The van der Waals surface area contributed by atoms with Crippen LogP contribution in [0.1, 0.15) is 26.7 Å². The first-order chi connectivity index (χ1) is 12.5. The van der Waals surface area contributed by atoms with Crippen molar-refractivity contribution >= 4 is 15.6 Å². The van der Waals surface area contributed by atoms with Crippen molar-refractivity contribution in [3.63, 3.8) is 0 Å². The van der Waals surface area contributed by atoms with Gasteiger partial charge in [-0.05, 0) is 13.8 Å². The van der Waals surface area contributed by atoms with Crippen molar-refractivity contribution < 1.29 is 51.2 Å². The molecule has 11 nitrogen and oxygen atoms in total. The molecule has 0 aromatic rings. The zero-order valence-corrected chi connectivity index (χ0v) is 17.5. The van der Waals surface area contributed by atoms with Crippen molar-refractivity contribution in [2.75, 3.05) is 27.4 Å². The summed E-state index contributed by atoms with van der Waals surface area (Å²) in [5, 5.41) is 0. The molecular weight excluding hydrogens is 406 g/mol. The molecule has 13 heteroatoms. The van der Waals surface area contributed by atoms with E-state index in [1.165, 1.54) is 7.11 Å². The van der Waals surface area contributed by atoms with Gasteiger partial charge in [0.05, 0.1) is 25.4 Å². The number of ether oxygens (including phenoxy) is 3. The Balaban J connectivity index is 1.95. The molecule has 0 spiro atoms. The lowest BCUT2D eigenvalue weighted by atomic mass is 10.1. The maximum Gasteiger partial charge on any atom is 0.472 e. The number of hydrogen-bond donors (Lipinski definition) is 2. The standard InChI is InChI=1S/C14H28O11P2/c1-9-5-11(13(22-9)7-19-3)24-27(17,18)25-12-6-10(2)23-14(12)8-21-26(15,16)20-4/h9-14H,5-8H2,1-4H3,(H,15,16)(H,17,18)/t9-,10-,11+,12+,13+,14+/m0/s1. The number of methoxy groups -OCH3 is 1. The Morgan fingerprint density at radius 2 is 1.37 bits per heavy atom. The van der Waals surface area contributed by atoms with Gasteiger partial charge in [-0.2, -0.15) is 0 Å². The minimum absolute atomic E-state index is 0.140. The molecule has 0 amide bonds. The summed E-state index contributed by atoms with van der Waals surface area (Å²) >= 11 is 0. The van der Waals surface area contributed by atoms with Crippen LogP contribution in [-0.4, -0.2) is 73.8 Å². The molecule has 0 radical (unpaired) electrons. The highest BCUT2D eigenvalue weighted by Gasteiger charge is 2.44. The number of rotatable bonds is 10. The van der Waals surface area contributed by atoms with Crippen LogP contribution >= 0.6 is 15.6 Å². The van der Waals surface area contributed by atoms with Crippen molar-refractivity contribution in [2.45, 2.75) is 63.3 Å². The van der Waals surface area contributed by atoms with E-state index in [2.05, 4.69) is 4.52 Å². The van der Waals surface area contributed by atoms with Crippen LogP contribution < -0.4 is 0 Å². The van der Waals surface area contributed by atoms with E-state index in [0.29, 0.717) is 12.8 Å². The summed E-state index contributed by atoms with van der Waals surface area (Å²) in [5.41, 5.74) is 0. The van der Waals surface area contributed by atoms with Gasteiger partial charge in [-0.25, -0.2) is 9.13 Å². The molecule has 2 saturated heterocycles. The Labute approximate surface area is 158 Å². The van der Waals surface area contributed by atoms with Gasteiger partial charge < -0.3 is 24.0 Å². The van der Waals surface area contributed by atoms with E-state index >= 15 is 0 Å². The van der Waals surface area contributed by atoms with Gasteiger partial charge in [-0.1, -0.05) is 0 Å². The first-order valence-electron chi connectivity index (χ1n) is 8.57. The maximum atomic E-state index is 12.5. The quantitative estimate of drug-likeness (QED) is 0.485. The van der Waals surface area contributed by atoms with Crippen molar-refractivity contribution in [3.05, 3.63) is 0 Å². The zero-order valence-electron chi connectivity index (χ0n) is 15.8. The minimum Gasteiger partial charge on any atom is -0.382 e. The predicted molar refractivity (Wildman–Crippen MR) is 92.1 cm³/mol. The summed E-state index contributed by atoms with van der Waals surface area (Å²) in [4.78, 5) is 19.5. The second kappa shape index (κ2) is 9.73. The summed E-state index contributed by atoms with van der Waals surface area (Å²) in [5.74, 6) is 0. The molecule has 0 saturated carbocycles. The molecule has 2 aliphatic rings. The minimum atomic E-state index is -4.45. The predicted octanol–water partition coefficient (Wildman–Crippen LogP) is 1.62. The lowest BCUT2D eigenvalue weighted by molar-refractivity contribution is -0.0415. The fraction of sp³-hybridized carbons (Fsp3) is 1.00. The van der Waals surface area contributed by atoms with E-state index in [0.717, 1.165) is 7.11 Å². The molecule has 0 bridgehead atoms. The molecule has 0 aromatic carbocycles. The molecule has 2 heterocycles. The molecule has 2 aliphatic heterocycles. The highest BCUT2D eigenvalue weighted by atomic mass is 31.2. The van der Waals surface area contributed by atoms with Crippen LogP contribution in [0.15, 0.2) is 0 Å². The van der Waals surface area contributed by atoms with Crippen LogP contribution in [-0.2, 0) is 41.4 Å². The second-order valence-electron chi connectivity index (χ2n) is 6.60. The van der Waals surface area contributed by atoms with Gasteiger partial charge in [0.2, 0.25) is 0 Å². The molecule has 0 aromatic heterocycles. The topological polar surface area (TPSA) is 139 Å². The Bertz CT molecular complexity index is 573. The first kappa shape index (κ1) is 23.4. The Kier molecular flexibility index (Phi) is 8.43. The molecule has 2 unspecified atom stereocenters. The highest BCUT2D eigenvalue weighted by Crippen LogP contribution is 2.51. The lowest BCUT2D eigenvalue weighted by Crippen LogP contribution is -2.31. The third-order valence-corrected chi connectivity index (χ3v) is 6.28. The van der Waals surface area contributed by atoms with Crippen molar-refractivity contribution in [1.82, 2.24) is 0 Å².